The van der Waals surface area contributed by atoms with Crippen molar-refractivity contribution in [3.63, 3.8) is 0 Å². The maximum atomic E-state index is 5.40. The summed E-state index contributed by atoms with van der Waals surface area (Å²) in [6.07, 6.45) is 1.60. The Morgan fingerprint density at radius 3 is 2.50 bits per heavy atom. The smallest absolute Gasteiger partial charge is 0.0637 e. The van der Waals surface area contributed by atoms with Crippen LogP contribution in [-0.4, -0.2) is 27.3 Å². The number of likely N-dealkylation sites (N-methyl/N-ethyl adjacent to an activating group) is 1. The Labute approximate surface area is 85.8 Å². The van der Waals surface area contributed by atoms with Gasteiger partial charge in [-0.2, -0.15) is 0 Å². The molecule has 2 heteroatoms. The van der Waals surface area contributed by atoms with Gasteiger partial charge in [-0.15, -0.1) is 0 Å². The van der Waals surface area contributed by atoms with Crippen molar-refractivity contribution in [2.24, 2.45) is 0 Å². The van der Waals surface area contributed by atoms with Crippen LogP contribution in [-0.2, 0) is 4.74 Å². The van der Waals surface area contributed by atoms with Crippen molar-refractivity contribution in [1.82, 2.24) is 0 Å². The van der Waals surface area contributed by atoms with Gasteiger partial charge < -0.3 is 9.64 Å². The lowest BCUT2D eigenvalue weighted by atomic mass is 10.2. The van der Waals surface area contributed by atoms with E-state index in [1.165, 1.54) is 5.69 Å². The zero-order valence-corrected chi connectivity index (χ0v) is 8.73. The minimum Gasteiger partial charge on any atom is -0.383 e. The lowest BCUT2D eigenvalue weighted by Crippen LogP contribution is -2.21. The van der Waals surface area contributed by atoms with Gasteiger partial charge in [-0.3, -0.25) is 0 Å². The minimum absolute atomic E-state index is 0.737. The molecule has 2 nitrogen and oxygen atoms in total. The highest BCUT2D eigenvalue weighted by atomic mass is 16.5. The predicted molar refractivity (Wildman–Crippen MR) is 60.4 cm³/mol. The van der Waals surface area contributed by atoms with Gasteiger partial charge >= 0.3 is 0 Å². The third kappa shape index (κ3) is 2.89. The van der Waals surface area contributed by atoms with Gasteiger partial charge in [0.15, 0.2) is 0 Å². The highest BCUT2D eigenvalue weighted by Crippen LogP contribution is 2.13. The molecule has 0 aliphatic carbocycles. The normalized spacial score (nSPS) is 9.86. The Bertz CT molecular complexity index is 279. The van der Waals surface area contributed by atoms with Crippen molar-refractivity contribution in [3.05, 3.63) is 36.4 Å². The van der Waals surface area contributed by atoms with Crippen LogP contribution in [0.5, 0.6) is 0 Å². The van der Waals surface area contributed by atoms with Crippen LogP contribution in [0.2, 0.25) is 0 Å². The van der Waals surface area contributed by atoms with Crippen molar-refractivity contribution in [3.8, 4) is 0 Å². The molecule has 0 fully saturated rings. The summed E-state index contributed by atoms with van der Waals surface area (Å²) in [5.74, 6) is 0. The van der Waals surface area contributed by atoms with Crippen molar-refractivity contribution in [1.29, 1.82) is 0 Å². The van der Waals surface area contributed by atoms with E-state index in [-0.39, 0.29) is 0 Å². The Morgan fingerprint density at radius 1 is 1.36 bits per heavy atom. The molecule has 0 amide bonds. The molecule has 1 radical (unpaired) electrons. The first-order valence-electron chi connectivity index (χ1n) is 4.63. The number of methoxy groups -OCH3 is 1. The Hall–Kier alpha value is -1.28. The molecule has 0 bridgehead atoms. The highest BCUT2D eigenvalue weighted by Gasteiger charge is 1.98. The fourth-order valence-electron chi connectivity index (χ4n) is 1.20. The first-order valence-corrected chi connectivity index (χ1v) is 4.63. The summed E-state index contributed by atoms with van der Waals surface area (Å²) in [4.78, 5) is 2.14. The van der Waals surface area contributed by atoms with Gasteiger partial charge in [0.05, 0.1) is 6.61 Å². The van der Waals surface area contributed by atoms with Crippen LogP contribution in [0.15, 0.2) is 24.3 Å². The fraction of sp³-hybridized carbons (Fsp3) is 0.333. The maximum Gasteiger partial charge on any atom is 0.0637 e. The molecule has 0 N–H and O–H groups in total. The second-order valence-electron chi connectivity index (χ2n) is 3.17. The monoisotopic (exact) mass is 190 g/mol. The zero-order valence-electron chi connectivity index (χ0n) is 8.73. The summed E-state index contributed by atoms with van der Waals surface area (Å²) in [6.45, 7) is 7.03. The average Bonchev–Trinajstić information content (AvgIpc) is 2.26. The quantitative estimate of drug-likeness (QED) is 0.706. The van der Waals surface area contributed by atoms with Crippen molar-refractivity contribution >= 4 is 11.8 Å². The van der Waals surface area contributed by atoms with Crippen LogP contribution in [0, 0.1) is 6.58 Å². The topological polar surface area (TPSA) is 12.5 Å². The average molecular weight is 190 g/mol. The van der Waals surface area contributed by atoms with E-state index in [0.717, 1.165) is 18.7 Å². The van der Waals surface area contributed by atoms with E-state index in [9.17, 15) is 0 Å². The molecule has 1 aromatic rings. The highest BCUT2D eigenvalue weighted by molar-refractivity contribution is 5.53. The van der Waals surface area contributed by atoms with E-state index in [4.69, 9.17) is 11.3 Å². The van der Waals surface area contributed by atoms with Gasteiger partial charge in [-0.25, -0.2) is 0 Å². The largest absolute Gasteiger partial charge is 0.383 e. The molecule has 0 atom stereocenters. The lowest BCUT2D eigenvalue weighted by molar-refractivity contribution is 0.206. The molecule has 1 aromatic carbocycles. The van der Waals surface area contributed by atoms with E-state index in [1.807, 2.05) is 31.3 Å². The van der Waals surface area contributed by atoms with Gasteiger partial charge in [-0.1, -0.05) is 24.8 Å². The summed E-state index contributed by atoms with van der Waals surface area (Å²) in [5, 5.41) is 0. The summed E-state index contributed by atoms with van der Waals surface area (Å²) >= 11 is 0. The SMILES string of the molecule is [CH]=Cc1ccc(N(C)CCOC)cc1. The van der Waals surface area contributed by atoms with E-state index < -0.39 is 0 Å². The minimum atomic E-state index is 0.737. The second kappa shape index (κ2) is 5.45. The van der Waals surface area contributed by atoms with E-state index in [1.54, 1.807) is 13.2 Å². The first-order chi connectivity index (χ1) is 6.77. The fourth-order valence-corrected chi connectivity index (χ4v) is 1.20. The van der Waals surface area contributed by atoms with Gasteiger partial charge in [0, 0.05) is 26.4 Å². The third-order valence-corrected chi connectivity index (χ3v) is 2.16. The Morgan fingerprint density at radius 2 is 2.00 bits per heavy atom. The molecular weight excluding hydrogens is 174 g/mol. The molecule has 0 heterocycles. The van der Waals surface area contributed by atoms with Crippen LogP contribution < -0.4 is 4.90 Å². The first kappa shape index (κ1) is 10.8. The summed E-state index contributed by atoms with van der Waals surface area (Å²) < 4.78 is 5.01. The molecule has 0 unspecified atom stereocenters. The molecule has 0 saturated carbocycles. The van der Waals surface area contributed by atoms with Crippen molar-refractivity contribution < 1.29 is 4.74 Å². The molecule has 14 heavy (non-hydrogen) atoms. The van der Waals surface area contributed by atoms with Crippen LogP contribution in [0.1, 0.15) is 5.56 Å². The van der Waals surface area contributed by atoms with Crippen LogP contribution >= 0.6 is 0 Å². The third-order valence-electron chi connectivity index (χ3n) is 2.16. The Kier molecular flexibility index (Phi) is 4.20. The molecule has 0 aliphatic heterocycles. The van der Waals surface area contributed by atoms with Gasteiger partial charge in [0.1, 0.15) is 0 Å². The number of ether oxygens (including phenoxy) is 1. The Balaban J connectivity index is 2.61. The molecule has 0 aromatic heterocycles. The summed E-state index contributed by atoms with van der Waals surface area (Å²) in [5.41, 5.74) is 2.21. The summed E-state index contributed by atoms with van der Waals surface area (Å²) in [7, 11) is 3.75. The van der Waals surface area contributed by atoms with Crippen molar-refractivity contribution in [2.75, 3.05) is 32.2 Å². The predicted octanol–water partition coefficient (Wildman–Crippen LogP) is 2.22. The number of nitrogens with zero attached hydrogens (tertiary/aromatic N) is 1. The van der Waals surface area contributed by atoms with Crippen LogP contribution in [0.3, 0.4) is 0 Å². The number of hydrogen-bond acceptors (Lipinski definition) is 2. The summed E-state index contributed by atoms with van der Waals surface area (Å²) in [6, 6.07) is 8.10. The molecule has 0 aliphatic rings. The number of benzene rings is 1. The maximum absolute atomic E-state index is 5.40. The van der Waals surface area contributed by atoms with Gasteiger partial charge in [-0.05, 0) is 17.7 Å². The molecule has 1 rings (SSSR count). The molecule has 75 valence electrons. The van der Waals surface area contributed by atoms with Crippen LogP contribution in [0.4, 0.5) is 5.69 Å². The lowest BCUT2D eigenvalue weighted by Gasteiger charge is -2.18. The van der Waals surface area contributed by atoms with E-state index in [0.29, 0.717) is 0 Å². The number of anilines is 1. The second-order valence-corrected chi connectivity index (χ2v) is 3.17. The number of hydrogen-bond donors (Lipinski definition) is 0. The van der Waals surface area contributed by atoms with E-state index in [2.05, 4.69) is 4.90 Å². The number of rotatable bonds is 5. The van der Waals surface area contributed by atoms with Crippen molar-refractivity contribution in [2.45, 2.75) is 0 Å². The van der Waals surface area contributed by atoms with Gasteiger partial charge in [0.25, 0.3) is 0 Å². The molecule has 0 saturated heterocycles. The standard InChI is InChI=1S/C12H16NO/c1-4-11-5-7-12(8-6-11)13(2)9-10-14-3/h1,4-8H,9-10H2,2-3H3. The van der Waals surface area contributed by atoms with Crippen LogP contribution in [0.25, 0.3) is 6.08 Å². The van der Waals surface area contributed by atoms with E-state index >= 15 is 0 Å². The molecular formula is C12H16NO. The molecule has 0 spiro atoms. The zero-order chi connectivity index (χ0) is 10.4. The van der Waals surface area contributed by atoms with Gasteiger partial charge in [0.2, 0.25) is 0 Å².